The Hall–Kier alpha value is -2.41. The highest BCUT2D eigenvalue weighted by Gasteiger charge is 2.15. The normalized spacial score (nSPS) is 11.1. The van der Waals surface area contributed by atoms with Gasteiger partial charge in [-0.25, -0.2) is 0 Å². The van der Waals surface area contributed by atoms with Crippen molar-refractivity contribution in [3.8, 4) is 6.07 Å². The smallest absolute Gasteiger partial charge is 0.263 e. The molecule has 20 heavy (non-hydrogen) atoms. The summed E-state index contributed by atoms with van der Waals surface area (Å²) in [6.07, 6.45) is 0.648. The van der Waals surface area contributed by atoms with E-state index in [4.69, 9.17) is 25.9 Å². The zero-order valence-corrected chi connectivity index (χ0v) is 10.4. The quantitative estimate of drug-likeness (QED) is 0.520. The number of aliphatic hydroxyl groups excluding tert-OH is 2. The zero-order valence-electron chi connectivity index (χ0n) is 10.4. The van der Waals surface area contributed by atoms with E-state index in [-0.39, 0.29) is 42.5 Å². The van der Waals surface area contributed by atoms with Gasteiger partial charge in [0.05, 0.1) is 18.8 Å². The van der Waals surface area contributed by atoms with E-state index in [0.717, 1.165) is 0 Å². The summed E-state index contributed by atoms with van der Waals surface area (Å²) < 4.78 is 6.65. The molecule has 0 unspecified atom stereocenters. The van der Waals surface area contributed by atoms with Gasteiger partial charge in [-0.2, -0.15) is 10.2 Å². The summed E-state index contributed by atoms with van der Waals surface area (Å²) in [5, 5.41) is 27.0. The molecule has 9 nitrogen and oxygen atoms in total. The molecule has 5 N–H and O–H groups in total. The van der Waals surface area contributed by atoms with E-state index in [1.54, 1.807) is 0 Å². The topological polar surface area (TPSA) is 150 Å². The standard InChI is InChI=1S/C11H13N5O4/c12-1-6-2-16(5-20-7(3-17)4-18)9-8(6)10(19)15-11(13)14-9/h2,7,17-18H,3-5H2,(H3,13,14,15,19). The minimum Gasteiger partial charge on any atom is -0.394 e. The van der Waals surface area contributed by atoms with Gasteiger partial charge in [0.15, 0.2) is 5.65 Å². The van der Waals surface area contributed by atoms with E-state index in [0.29, 0.717) is 0 Å². The molecule has 0 aromatic carbocycles. The van der Waals surface area contributed by atoms with E-state index in [1.165, 1.54) is 10.8 Å². The highest BCUT2D eigenvalue weighted by atomic mass is 16.5. The molecule has 2 aromatic heterocycles. The van der Waals surface area contributed by atoms with Crippen LogP contribution in [0.2, 0.25) is 0 Å². The molecule has 9 heteroatoms. The number of fused-ring (bicyclic) bond motifs is 1. The molecular formula is C11H13N5O4. The van der Waals surface area contributed by atoms with Crippen LogP contribution in [0.15, 0.2) is 11.0 Å². The van der Waals surface area contributed by atoms with Gasteiger partial charge < -0.3 is 25.3 Å². The van der Waals surface area contributed by atoms with Crippen molar-refractivity contribution in [2.75, 3.05) is 18.9 Å². The Labute approximate surface area is 112 Å². The van der Waals surface area contributed by atoms with Gasteiger partial charge in [0.2, 0.25) is 5.95 Å². The number of nitrogens with one attached hydrogen (secondary N) is 1. The SMILES string of the molecule is N#Cc1cn(COC(CO)CO)c2nc(N)[nH]c(=O)c12. The van der Waals surface area contributed by atoms with Crippen molar-refractivity contribution >= 4 is 17.0 Å². The number of ether oxygens (including phenoxy) is 1. The lowest BCUT2D eigenvalue weighted by atomic mass is 10.3. The third-order valence-electron chi connectivity index (χ3n) is 2.72. The number of nitrogens with two attached hydrogens (primary N) is 1. The summed E-state index contributed by atoms with van der Waals surface area (Å²) in [6.45, 7) is -0.784. The van der Waals surface area contributed by atoms with Crippen molar-refractivity contribution in [2.24, 2.45) is 0 Å². The molecule has 2 aromatic rings. The highest BCUT2D eigenvalue weighted by molar-refractivity contribution is 5.82. The molecule has 0 atom stereocenters. The Kier molecular flexibility index (Phi) is 3.99. The molecule has 0 aliphatic rings. The fourth-order valence-corrected chi connectivity index (χ4v) is 1.74. The molecule has 0 saturated carbocycles. The molecule has 0 fully saturated rings. The third-order valence-corrected chi connectivity index (χ3v) is 2.72. The summed E-state index contributed by atoms with van der Waals surface area (Å²) in [4.78, 5) is 18.1. The van der Waals surface area contributed by atoms with Gasteiger partial charge in [0.1, 0.15) is 24.3 Å². The van der Waals surface area contributed by atoms with Gasteiger partial charge in [-0.05, 0) is 0 Å². The molecule has 2 heterocycles. The lowest BCUT2D eigenvalue weighted by molar-refractivity contribution is -0.0487. The Morgan fingerprint density at radius 1 is 1.55 bits per heavy atom. The minimum absolute atomic E-state index is 0.0767. The maximum absolute atomic E-state index is 11.8. The van der Waals surface area contributed by atoms with Crippen LogP contribution in [0, 0.1) is 11.3 Å². The van der Waals surface area contributed by atoms with Crippen molar-refractivity contribution in [3.63, 3.8) is 0 Å². The molecular weight excluding hydrogens is 266 g/mol. The maximum Gasteiger partial charge on any atom is 0.263 e. The van der Waals surface area contributed by atoms with E-state index < -0.39 is 11.7 Å². The molecule has 0 spiro atoms. The van der Waals surface area contributed by atoms with Gasteiger partial charge in [-0.3, -0.25) is 9.78 Å². The van der Waals surface area contributed by atoms with Crippen LogP contribution in [0.4, 0.5) is 5.95 Å². The largest absolute Gasteiger partial charge is 0.394 e. The number of hydrogen-bond donors (Lipinski definition) is 4. The Morgan fingerprint density at radius 3 is 2.85 bits per heavy atom. The van der Waals surface area contributed by atoms with Crippen LogP contribution in [0.5, 0.6) is 0 Å². The maximum atomic E-state index is 11.8. The van der Waals surface area contributed by atoms with Gasteiger partial charge in [-0.15, -0.1) is 0 Å². The summed E-state index contributed by atoms with van der Waals surface area (Å²) in [6, 6.07) is 1.89. The first-order valence-electron chi connectivity index (χ1n) is 5.72. The lowest BCUT2D eigenvalue weighted by Gasteiger charge is -2.13. The summed E-state index contributed by atoms with van der Waals surface area (Å²) in [5.74, 6) is -0.0767. The van der Waals surface area contributed by atoms with Crippen molar-refractivity contribution in [3.05, 3.63) is 22.1 Å². The number of nitriles is 1. The molecule has 0 bridgehead atoms. The van der Waals surface area contributed by atoms with Crippen LogP contribution in [0.1, 0.15) is 5.56 Å². The third kappa shape index (κ3) is 2.48. The predicted octanol–water partition coefficient (Wildman–Crippen LogP) is -1.49. The summed E-state index contributed by atoms with van der Waals surface area (Å²) >= 11 is 0. The molecule has 0 amide bonds. The first kappa shape index (κ1) is 14.0. The second kappa shape index (κ2) is 5.70. The molecule has 0 radical (unpaired) electrons. The number of anilines is 1. The minimum atomic E-state index is -0.752. The van der Waals surface area contributed by atoms with Gasteiger partial charge in [0, 0.05) is 6.20 Å². The second-order valence-corrected chi connectivity index (χ2v) is 4.06. The Bertz CT molecular complexity index is 710. The second-order valence-electron chi connectivity index (χ2n) is 4.06. The average molecular weight is 279 g/mol. The molecule has 106 valence electrons. The Morgan fingerprint density at radius 2 is 2.25 bits per heavy atom. The van der Waals surface area contributed by atoms with E-state index >= 15 is 0 Å². The number of nitrogens with zero attached hydrogens (tertiary/aromatic N) is 3. The number of nitrogen functional groups attached to an aromatic ring is 1. The Balaban J connectivity index is 2.44. The fraction of sp³-hybridized carbons (Fsp3) is 0.364. The van der Waals surface area contributed by atoms with Crippen LogP contribution in [0.25, 0.3) is 11.0 Å². The number of aromatic amines is 1. The number of aromatic nitrogens is 3. The highest BCUT2D eigenvalue weighted by Crippen LogP contribution is 2.16. The van der Waals surface area contributed by atoms with Crippen molar-refractivity contribution in [1.82, 2.24) is 14.5 Å². The van der Waals surface area contributed by atoms with Crippen LogP contribution in [-0.2, 0) is 11.5 Å². The molecule has 2 rings (SSSR count). The molecule has 0 saturated heterocycles. The van der Waals surface area contributed by atoms with Gasteiger partial charge in [0.25, 0.3) is 5.56 Å². The molecule has 0 aliphatic heterocycles. The number of hydrogen-bond acceptors (Lipinski definition) is 7. The fourth-order valence-electron chi connectivity index (χ4n) is 1.74. The van der Waals surface area contributed by atoms with Crippen molar-refractivity contribution in [2.45, 2.75) is 12.8 Å². The average Bonchev–Trinajstić information content (AvgIpc) is 2.78. The monoisotopic (exact) mass is 279 g/mol. The van der Waals surface area contributed by atoms with Gasteiger partial charge >= 0.3 is 0 Å². The summed E-state index contributed by atoms with van der Waals surface area (Å²) in [5.41, 5.74) is 5.30. The first-order valence-corrected chi connectivity index (χ1v) is 5.72. The van der Waals surface area contributed by atoms with Crippen LogP contribution >= 0.6 is 0 Å². The predicted molar refractivity (Wildman–Crippen MR) is 68.5 cm³/mol. The summed E-state index contributed by atoms with van der Waals surface area (Å²) in [7, 11) is 0. The van der Waals surface area contributed by atoms with Gasteiger partial charge in [-0.1, -0.05) is 0 Å². The van der Waals surface area contributed by atoms with E-state index in [1.807, 2.05) is 6.07 Å². The number of rotatable bonds is 5. The first-order chi connectivity index (χ1) is 9.60. The number of aliphatic hydroxyl groups is 2. The van der Waals surface area contributed by atoms with Crippen molar-refractivity contribution < 1.29 is 14.9 Å². The van der Waals surface area contributed by atoms with E-state index in [9.17, 15) is 4.79 Å². The lowest BCUT2D eigenvalue weighted by Crippen LogP contribution is -2.23. The van der Waals surface area contributed by atoms with Crippen LogP contribution in [-0.4, -0.2) is 44.1 Å². The number of H-pyrrole nitrogens is 1. The van der Waals surface area contributed by atoms with Crippen LogP contribution < -0.4 is 11.3 Å². The van der Waals surface area contributed by atoms with Crippen LogP contribution in [0.3, 0.4) is 0 Å². The van der Waals surface area contributed by atoms with Crippen molar-refractivity contribution in [1.29, 1.82) is 5.26 Å². The van der Waals surface area contributed by atoms with E-state index in [2.05, 4.69) is 9.97 Å². The zero-order chi connectivity index (χ0) is 14.7. The molecule has 0 aliphatic carbocycles.